The van der Waals surface area contributed by atoms with Crippen LogP contribution in [0.2, 0.25) is 0 Å². The summed E-state index contributed by atoms with van der Waals surface area (Å²) in [7, 11) is -0.988. The van der Waals surface area contributed by atoms with Crippen LogP contribution in [0.15, 0.2) is 121 Å². The smallest absolute Gasteiger partial charge is 0.496 e. The normalized spacial score (nSPS) is 14.1. The Morgan fingerprint density at radius 3 is 1.11 bits per heavy atom. The maximum atomic E-state index is 9.75. The number of ether oxygens (including phenoxy) is 2. The van der Waals surface area contributed by atoms with Crippen molar-refractivity contribution in [1.29, 1.82) is 0 Å². The number of hydrogen-bond acceptors (Lipinski definition) is 2. The first kappa shape index (κ1) is 39.4. The van der Waals surface area contributed by atoms with Crippen molar-refractivity contribution in [3.8, 4) is 33.8 Å². The summed E-state index contributed by atoms with van der Waals surface area (Å²) < 4.78 is 50.2. The van der Waals surface area contributed by atoms with Crippen LogP contribution in [0.4, 0.5) is 17.3 Å². The quantitative estimate of drug-likeness (QED) is 0.0557. The van der Waals surface area contributed by atoms with Crippen molar-refractivity contribution in [3.05, 3.63) is 121 Å². The molecule has 0 heterocycles. The van der Waals surface area contributed by atoms with Crippen LogP contribution in [0.3, 0.4) is 0 Å². The minimum atomic E-state index is -6.00. The molecule has 4 aromatic carbocycles. The molecule has 0 amide bonds. The van der Waals surface area contributed by atoms with Crippen LogP contribution in [0, 0.1) is 0 Å². The molecule has 1 aliphatic carbocycles. The van der Waals surface area contributed by atoms with E-state index in [0.717, 1.165) is 28.7 Å². The number of rotatable bonds is 9. The molecule has 0 spiro atoms. The molecule has 2 atom stereocenters. The van der Waals surface area contributed by atoms with Gasteiger partial charge in [-0.25, -0.2) is 0 Å². The van der Waals surface area contributed by atoms with E-state index in [2.05, 4.69) is 97.1 Å². The molecule has 10 heteroatoms. The summed E-state index contributed by atoms with van der Waals surface area (Å²) in [5.41, 5.74) is 4.89. The topological polar surface area (TPSA) is 18.5 Å². The van der Waals surface area contributed by atoms with Gasteiger partial charge in [-0.3, -0.25) is 0 Å². The Morgan fingerprint density at radius 2 is 0.783 bits per heavy atom. The molecule has 1 radical (unpaired) electrons. The van der Waals surface area contributed by atoms with Crippen molar-refractivity contribution in [3.63, 3.8) is 0 Å². The molecule has 0 aromatic heterocycles. The van der Waals surface area contributed by atoms with Gasteiger partial charge in [-0.1, -0.05) is 126 Å². The molecule has 46 heavy (non-hydrogen) atoms. The third kappa shape index (κ3) is 14.3. The Balaban J connectivity index is 0.000000440. The van der Waals surface area contributed by atoms with E-state index in [4.69, 9.17) is 9.47 Å². The molecule has 1 aliphatic rings. The summed E-state index contributed by atoms with van der Waals surface area (Å²) in [5, 5.41) is 2.81. The average Bonchev–Trinajstić information content (AvgIpc) is 3.03. The van der Waals surface area contributed by atoms with Gasteiger partial charge in [0.25, 0.3) is 0 Å². The second kappa shape index (κ2) is 21.9. The predicted molar refractivity (Wildman–Crippen MR) is 189 cm³/mol. The second-order valence-electron chi connectivity index (χ2n) is 9.94. The van der Waals surface area contributed by atoms with E-state index in [1.165, 1.54) is 70.9 Å². The van der Waals surface area contributed by atoms with Crippen LogP contribution < -0.4 is 20.1 Å². The maximum absolute atomic E-state index is 9.75. The van der Waals surface area contributed by atoms with E-state index in [1.54, 1.807) is 14.2 Å². The number of benzene rings is 4. The minimum Gasteiger partial charge on any atom is -0.496 e. The standard InChI is InChI=1S/C28H28O2P2.C8H12.BF4.Rh/c1-29-25-15-7-3-11-21(25)23-13-5-9-17-27(23)31-19-20-32-28-18-10-6-14-24(28)22-12-4-8-16-26(22)30-2;1-2-4-6-8-7-5-3-1;2-1(3,4)5;/h3-18,31-32H,19-20H2,1-2H3;1-2,7-8H,3-6H2;;/q;;-1;/b;2-1-,8-7-;;. The first-order valence-corrected chi connectivity index (χ1v) is 17.3. The van der Waals surface area contributed by atoms with Crippen molar-refractivity contribution in [2.75, 3.05) is 26.5 Å². The number of methoxy groups -OCH3 is 2. The fraction of sp³-hybridized carbons (Fsp3) is 0.222. The van der Waals surface area contributed by atoms with Gasteiger partial charge in [0.05, 0.1) is 14.2 Å². The average molecular weight is 756 g/mol. The Labute approximate surface area is 287 Å². The molecular weight excluding hydrogens is 716 g/mol. The summed E-state index contributed by atoms with van der Waals surface area (Å²) in [6, 6.07) is 34.0. The van der Waals surface area contributed by atoms with Crippen molar-refractivity contribution in [2.45, 2.75) is 25.7 Å². The van der Waals surface area contributed by atoms with Crippen LogP contribution >= 0.6 is 17.2 Å². The Kier molecular flexibility index (Phi) is 18.8. The second-order valence-corrected chi connectivity index (χ2v) is 12.7. The molecule has 0 aliphatic heterocycles. The molecule has 0 bridgehead atoms. The Bertz CT molecular complexity index is 1390. The molecule has 0 N–H and O–H groups in total. The third-order valence-electron chi connectivity index (χ3n) is 6.74. The number of para-hydroxylation sites is 2. The largest absolute Gasteiger partial charge is 0.673 e. The molecule has 0 fully saturated rings. The molecule has 2 nitrogen and oxygen atoms in total. The van der Waals surface area contributed by atoms with E-state index >= 15 is 0 Å². The summed E-state index contributed by atoms with van der Waals surface area (Å²) in [6.45, 7) is 0. The van der Waals surface area contributed by atoms with Crippen LogP contribution in [-0.4, -0.2) is 33.8 Å². The van der Waals surface area contributed by atoms with Gasteiger partial charge < -0.3 is 26.7 Å². The molecule has 0 saturated carbocycles. The van der Waals surface area contributed by atoms with Gasteiger partial charge in [0, 0.05) is 30.6 Å². The van der Waals surface area contributed by atoms with E-state index in [0.29, 0.717) is 0 Å². The van der Waals surface area contributed by atoms with Crippen molar-refractivity contribution >= 4 is 35.0 Å². The van der Waals surface area contributed by atoms with Gasteiger partial charge in [-0.2, -0.15) is 0 Å². The zero-order valence-electron chi connectivity index (χ0n) is 26.0. The maximum Gasteiger partial charge on any atom is 0.673 e. The molecule has 4 aromatic rings. The van der Waals surface area contributed by atoms with Gasteiger partial charge in [-0.15, -0.1) is 0 Å². The van der Waals surface area contributed by atoms with Crippen molar-refractivity contribution in [1.82, 2.24) is 0 Å². The number of halogens is 4. The van der Waals surface area contributed by atoms with E-state index in [1.807, 2.05) is 24.3 Å². The van der Waals surface area contributed by atoms with Gasteiger partial charge >= 0.3 is 7.25 Å². The summed E-state index contributed by atoms with van der Waals surface area (Å²) >= 11 is 0. The SMILES string of the molecule is C1=C\CC/C=C\CC/1.COc1ccccc1-c1ccccc1PCCPc1ccccc1-c1ccccc1OC.F[B-](F)(F)F.[Rh]. The van der Waals surface area contributed by atoms with Crippen LogP contribution in [-0.2, 0) is 19.5 Å². The molecular formula is C36H40BF4O2P2Rh-. The molecule has 5 rings (SSSR count). The first-order valence-electron chi connectivity index (χ1n) is 14.9. The summed E-state index contributed by atoms with van der Waals surface area (Å²) in [5.74, 6) is 1.86. The Morgan fingerprint density at radius 1 is 0.500 bits per heavy atom. The first-order chi connectivity index (χ1) is 21.8. The van der Waals surface area contributed by atoms with E-state index in [9.17, 15) is 17.3 Å². The molecule has 247 valence electrons. The van der Waals surface area contributed by atoms with Gasteiger partial charge in [0.15, 0.2) is 0 Å². The fourth-order valence-corrected chi connectivity index (χ4v) is 7.51. The van der Waals surface area contributed by atoms with Crippen LogP contribution in [0.5, 0.6) is 11.5 Å². The minimum absolute atomic E-state index is 0. The van der Waals surface area contributed by atoms with Gasteiger partial charge in [-0.05, 0) is 71.9 Å². The van der Waals surface area contributed by atoms with Crippen LogP contribution in [0.1, 0.15) is 25.7 Å². The summed E-state index contributed by atoms with van der Waals surface area (Å²) in [4.78, 5) is 0. The van der Waals surface area contributed by atoms with E-state index in [-0.39, 0.29) is 19.5 Å². The number of hydrogen-bond donors (Lipinski definition) is 0. The third-order valence-corrected chi connectivity index (χ3v) is 9.87. The van der Waals surface area contributed by atoms with Crippen molar-refractivity contribution in [2.24, 2.45) is 0 Å². The van der Waals surface area contributed by atoms with Crippen LogP contribution in [0.25, 0.3) is 22.3 Å². The predicted octanol–water partition coefficient (Wildman–Crippen LogP) is 10.3. The monoisotopic (exact) mass is 756 g/mol. The molecule has 0 saturated heterocycles. The fourth-order valence-electron chi connectivity index (χ4n) is 4.73. The number of allylic oxidation sites excluding steroid dienone is 4. The Hall–Kier alpha value is -2.77. The zero-order chi connectivity index (χ0) is 32.3. The summed E-state index contributed by atoms with van der Waals surface area (Å²) in [6.07, 6.45) is 16.3. The van der Waals surface area contributed by atoms with Gasteiger partial charge in [0.1, 0.15) is 11.5 Å². The van der Waals surface area contributed by atoms with Gasteiger partial charge in [0.2, 0.25) is 0 Å². The molecule has 2 unspecified atom stereocenters. The van der Waals surface area contributed by atoms with Crippen molar-refractivity contribution < 1.29 is 46.2 Å². The van der Waals surface area contributed by atoms with E-state index < -0.39 is 7.25 Å². The zero-order valence-corrected chi connectivity index (χ0v) is 29.7.